The van der Waals surface area contributed by atoms with Crippen LogP contribution >= 0.6 is 0 Å². The summed E-state index contributed by atoms with van der Waals surface area (Å²) >= 11 is 0. The molecule has 3 rings (SSSR count). The standard InChI is InChI=1S/C20H24O5/c1-13-8-9-20(11-23-14(2)21)10-18(13)19(24-12-20)16-4-6-17(7-5-16)25-15(3)22/h4-8,18-19H,9-12H2,1-3H3/t18-,19+,20-/m1/s1. The zero-order chi connectivity index (χ0) is 18.0. The van der Waals surface area contributed by atoms with Crippen molar-refractivity contribution >= 4 is 11.9 Å². The summed E-state index contributed by atoms with van der Waals surface area (Å²) in [4.78, 5) is 22.2. The number of hydrogen-bond acceptors (Lipinski definition) is 5. The van der Waals surface area contributed by atoms with Crippen LogP contribution in [-0.4, -0.2) is 25.2 Å². The molecule has 134 valence electrons. The summed E-state index contributed by atoms with van der Waals surface area (Å²) in [6.07, 6.45) is 4.04. The van der Waals surface area contributed by atoms with E-state index in [1.807, 2.05) is 12.1 Å². The highest BCUT2D eigenvalue weighted by molar-refractivity contribution is 5.69. The Morgan fingerprint density at radius 3 is 2.56 bits per heavy atom. The summed E-state index contributed by atoms with van der Waals surface area (Å²) in [6, 6.07) is 7.49. The van der Waals surface area contributed by atoms with Crippen LogP contribution < -0.4 is 4.74 Å². The van der Waals surface area contributed by atoms with Crippen LogP contribution in [0.15, 0.2) is 35.9 Å². The lowest BCUT2D eigenvalue weighted by Gasteiger charge is -2.47. The zero-order valence-electron chi connectivity index (χ0n) is 14.9. The van der Waals surface area contributed by atoms with Gasteiger partial charge in [0.15, 0.2) is 0 Å². The van der Waals surface area contributed by atoms with E-state index in [0.29, 0.717) is 19.0 Å². The van der Waals surface area contributed by atoms with Gasteiger partial charge in [-0.1, -0.05) is 23.8 Å². The highest BCUT2D eigenvalue weighted by atomic mass is 16.5. The number of fused-ring (bicyclic) bond motifs is 2. The van der Waals surface area contributed by atoms with E-state index in [1.165, 1.54) is 19.4 Å². The highest BCUT2D eigenvalue weighted by Crippen LogP contribution is 2.50. The SMILES string of the molecule is CC(=O)OC[C@@]12CC=C(C)[C@@H](C1)[C@H](c1ccc(OC(C)=O)cc1)OC2. The molecule has 1 saturated heterocycles. The number of allylic oxidation sites excluding steroid dienone is 1. The Morgan fingerprint density at radius 1 is 1.20 bits per heavy atom. The summed E-state index contributed by atoms with van der Waals surface area (Å²) in [5.41, 5.74) is 2.26. The van der Waals surface area contributed by atoms with Crippen LogP contribution in [0.3, 0.4) is 0 Å². The van der Waals surface area contributed by atoms with Crippen LogP contribution in [-0.2, 0) is 19.1 Å². The van der Waals surface area contributed by atoms with Crippen molar-refractivity contribution in [1.82, 2.24) is 0 Å². The molecule has 5 nitrogen and oxygen atoms in total. The van der Waals surface area contributed by atoms with Crippen molar-refractivity contribution in [3.63, 3.8) is 0 Å². The molecule has 25 heavy (non-hydrogen) atoms. The van der Waals surface area contributed by atoms with Crippen molar-refractivity contribution < 1.29 is 23.8 Å². The van der Waals surface area contributed by atoms with Gasteiger partial charge in [0.1, 0.15) is 5.75 Å². The molecular weight excluding hydrogens is 320 g/mol. The molecule has 1 heterocycles. The van der Waals surface area contributed by atoms with Gasteiger partial charge in [0.05, 0.1) is 19.3 Å². The van der Waals surface area contributed by atoms with Crippen molar-refractivity contribution in [2.24, 2.45) is 11.3 Å². The van der Waals surface area contributed by atoms with E-state index in [9.17, 15) is 9.59 Å². The number of hydrogen-bond donors (Lipinski definition) is 0. The van der Waals surface area contributed by atoms with Crippen LogP contribution in [0.1, 0.15) is 45.3 Å². The fourth-order valence-corrected chi connectivity index (χ4v) is 3.72. The molecule has 1 aliphatic heterocycles. The van der Waals surface area contributed by atoms with Gasteiger partial charge in [0, 0.05) is 25.2 Å². The normalized spacial score (nSPS) is 28.0. The molecule has 1 aliphatic carbocycles. The minimum Gasteiger partial charge on any atom is -0.465 e. The zero-order valence-corrected chi connectivity index (χ0v) is 14.9. The first-order chi connectivity index (χ1) is 11.9. The number of carbonyl (C=O) groups is 2. The van der Waals surface area contributed by atoms with Gasteiger partial charge in [-0.05, 0) is 37.5 Å². The highest BCUT2D eigenvalue weighted by Gasteiger charge is 2.45. The van der Waals surface area contributed by atoms with Crippen LogP contribution in [0.25, 0.3) is 0 Å². The summed E-state index contributed by atoms with van der Waals surface area (Å²) in [5.74, 6) is 0.216. The molecule has 0 spiro atoms. The summed E-state index contributed by atoms with van der Waals surface area (Å²) < 4.78 is 16.6. The van der Waals surface area contributed by atoms with E-state index in [1.54, 1.807) is 12.1 Å². The van der Waals surface area contributed by atoms with E-state index in [4.69, 9.17) is 14.2 Å². The number of benzene rings is 1. The van der Waals surface area contributed by atoms with Crippen LogP contribution in [0, 0.1) is 11.3 Å². The van der Waals surface area contributed by atoms with Gasteiger partial charge in [0.25, 0.3) is 0 Å². The smallest absolute Gasteiger partial charge is 0.308 e. The Hall–Kier alpha value is -2.14. The molecule has 0 aromatic heterocycles. The van der Waals surface area contributed by atoms with Crippen molar-refractivity contribution in [3.8, 4) is 5.75 Å². The average molecular weight is 344 g/mol. The van der Waals surface area contributed by atoms with Crippen molar-refractivity contribution in [2.45, 2.75) is 39.7 Å². The maximum atomic E-state index is 11.2. The van der Waals surface area contributed by atoms with E-state index in [2.05, 4.69) is 13.0 Å². The molecule has 1 aromatic carbocycles. The summed E-state index contributed by atoms with van der Waals surface area (Å²) in [5, 5.41) is 0. The summed E-state index contributed by atoms with van der Waals surface area (Å²) in [7, 11) is 0. The van der Waals surface area contributed by atoms with Crippen LogP contribution in [0.4, 0.5) is 0 Å². The van der Waals surface area contributed by atoms with Crippen molar-refractivity contribution in [3.05, 3.63) is 41.5 Å². The van der Waals surface area contributed by atoms with Gasteiger partial charge in [-0.15, -0.1) is 0 Å². The Morgan fingerprint density at radius 2 is 1.92 bits per heavy atom. The second kappa shape index (κ2) is 7.00. The lowest BCUT2D eigenvalue weighted by Crippen LogP contribution is -2.44. The van der Waals surface area contributed by atoms with Gasteiger partial charge in [0.2, 0.25) is 0 Å². The molecule has 2 aliphatic rings. The Bertz CT molecular complexity index is 691. The van der Waals surface area contributed by atoms with Crippen molar-refractivity contribution in [1.29, 1.82) is 0 Å². The second-order valence-corrected chi connectivity index (χ2v) is 7.14. The Labute approximate surface area is 148 Å². The van der Waals surface area contributed by atoms with Crippen LogP contribution in [0.5, 0.6) is 5.75 Å². The first-order valence-electron chi connectivity index (χ1n) is 8.59. The fourth-order valence-electron chi connectivity index (χ4n) is 3.72. The van der Waals surface area contributed by atoms with Gasteiger partial charge >= 0.3 is 11.9 Å². The number of carbonyl (C=O) groups excluding carboxylic acids is 2. The molecule has 3 atom stereocenters. The number of ether oxygens (including phenoxy) is 3. The Balaban J connectivity index is 1.76. The molecule has 0 radical (unpaired) electrons. The Kier molecular flexibility index (Phi) is 4.95. The predicted molar refractivity (Wildman–Crippen MR) is 92.0 cm³/mol. The molecule has 0 saturated carbocycles. The van der Waals surface area contributed by atoms with Gasteiger partial charge < -0.3 is 14.2 Å². The quantitative estimate of drug-likeness (QED) is 0.474. The maximum Gasteiger partial charge on any atom is 0.308 e. The van der Waals surface area contributed by atoms with Crippen molar-refractivity contribution in [2.75, 3.05) is 13.2 Å². The van der Waals surface area contributed by atoms with E-state index in [-0.39, 0.29) is 29.4 Å². The van der Waals surface area contributed by atoms with Crippen LogP contribution in [0.2, 0.25) is 0 Å². The third kappa shape index (κ3) is 3.93. The second-order valence-electron chi connectivity index (χ2n) is 7.14. The van der Waals surface area contributed by atoms with E-state index in [0.717, 1.165) is 18.4 Å². The fraction of sp³-hybridized carbons (Fsp3) is 0.500. The summed E-state index contributed by atoms with van der Waals surface area (Å²) in [6.45, 7) is 5.93. The molecular formula is C20H24O5. The molecule has 1 fully saturated rings. The lowest BCUT2D eigenvalue weighted by atomic mass is 9.66. The molecule has 0 amide bonds. The van der Waals surface area contributed by atoms with E-state index < -0.39 is 0 Å². The minimum absolute atomic E-state index is 0.0339. The molecule has 0 N–H and O–H groups in total. The lowest BCUT2D eigenvalue weighted by molar-refractivity contribution is -0.156. The first-order valence-corrected chi connectivity index (χ1v) is 8.59. The van der Waals surface area contributed by atoms with Gasteiger partial charge in [-0.3, -0.25) is 9.59 Å². The molecule has 5 heteroatoms. The third-order valence-electron chi connectivity index (χ3n) is 5.08. The monoisotopic (exact) mass is 344 g/mol. The largest absolute Gasteiger partial charge is 0.465 e. The minimum atomic E-state index is -0.331. The number of rotatable bonds is 4. The predicted octanol–water partition coefficient (Wildman–Crippen LogP) is 3.59. The first kappa shape index (κ1) is 17.7. The third-order valence-corrected chi connectivity index (χ3v) is 5.08. The average Bonchev–Trinajstić information content (AvgIpc) is 2.58. The topological polar surface area (TPSA) is 61.8 Å². The van der Waals surface area contributed by atoms with Gasteiger partial charge in [-0.25, -0.2) is 0 Å². The molecule has 1 aromatic rings. The molecule has 0 unspecified atom stereocenters. The van der Waals surface area contributed by atoms with Gasteiger partial charge in [-0.2, -0.15) is 0 Å². The maximum absolute atomic E-state index is 11.2. The number of esters is 2. The molecule has 2 bridgehead atoms. The van der Waals surface area contributed by atoms with E-state index >= 15 is 0 Å².